The predicted molar refractivity (Wildman–Crippen MR) is 94.6 cm³/mol. The molecule has 1 heterocycles. The molecule has 0 aliphatic rings. The van der Waals surface area contributed by atoms with E-state index in [0.717, 1.165) is 12.3 Å². The predicted octanol–water partition coefficient (Wildman–Crippen LogP) is 2.49. The summed E-state index contributed by atoms with van der Waals surface area (Å²) >= 11 is 1.78. The largest absolute Gasteiger partial charge is 0.463 e. The number of aliphatic imine (C=N–C) groups is 1. The second-order valence-electron chi connectivity index (χ2n) is 6.20. The van der Waals surface area contributed by atoms with Crippen molar-refractivity contribution in [3.63, 3.8) is 0 Å². The van der Waals surface area contributed by atoms with Crippen LogP contribution in [-0.4, -0.2) is 41.7 Å². The molecule has 1 aromatic heterocycles. The molecule has 0 fully saturated rings. The van der Waals surface area contributed by atoms with Gasteiger partial charge in [-0.15, -0.1) is 0 Å². The Morgan fingerprint density at radius 3 is 2.50 bits per heavy atom. The summed E-state index contributed by atoms with van der Waals surface area (Å²) in [4.78, 5) is 4.59. The van der Waals surface area contributed by atoms with Crippen LogP contribution in [0.1, 0.15) is 39.2 Å². The van der Waals surface area contributed by atoms with E-state index in [-0.39, 0.29) is 4.75 Å². The first-order valence-corrected chi connectivity index (χ1v) is 8.79. The number of furan rings is 1. The number of thioether (sulfide) groups is 1. The zero-order chi connectivity index (χ0) is 16.8. The summed E-state index contributed by atoms with van der Waals surface area (Å²) < 4.78 is 5.60. The summed E-state index contributed by atoms with van der Waals surface area (Å²) in [6.45, 7) is 11.7. The third kappa shape index (κ3) is 5.93. The van der Waals surface area contributed by atoms with Gasteiger partial charge < -0.3 is 20.2 Å². The van der Waals surface area contributed by atoms with Crippen LogP contribution in [0.5, 0.6) is 0 Å². The maximum Gasteiger partial charge on any atom is 0.191 e. The summed E-state index contributed by atoms with van der Waals surface area (Å²) in [5.41, 5.74) is -1.08. The maximum atomic E-state index is 10.5. The van der Waals surface area contributed by atoms with Crippen LogP contribution in [0, 0.1) is 6.92 Å². The SMILES string of the molecule is CCNC(=NCC(C)(C)SC)NCC(C)(O)c1ccc(C)o1. The van der Waals surface area contributed by atoms with Gasteiger partial charge in [-0.2, -0.15) is 11.8 Å². The van der Waals surface area contributed by atoms with Crippen LogP contribution in [0.3, 0.4) is 0 Å². The molecule has 1 rings (SSSR count). The number of hydrogen-bond acceptors (Lipinski definition) is 4. The average molecular weight is 327 g/mol. The zero-order valence-corrected chi connectivity index (χ0v) is 15.3. The highest BCUT2D eigenvalue weighted by Crippen LogP contribution is 2.22. The van der Waals surface area contributed by atoms with Gasteiger partial charge in [-0.25, -0.2) is 0 Å². The van der Waals surface area contributed by atoms with Crippen LogP contribution in [-0.2, 0) is 5.60 Å². The Morgan fingerprint density at radius 2 is 2.00 bits per heavy atom. The van der Waals surface area contributed by atoms with Gasteiger partial charge in [0.05, 0.1) is 13.1 Å². The van der Waals surface area contributed by atoms with Crippen molar-refractivity contribution in [3.05, 3.63) is 23.7 Å². The highest BCUT2D eigenvalue weighted by atomic mass is 32.2. The molecule has 6 heteroatoms. The molecule has 1 atom stereocenters. The topological polar surface area (TPSA) is 69.8 Å². The Morgan fingerprint density at radius 1 is 1.32 bits per heavy atom. The lowest BCUT2D eigenvalue weighted by Crippen LogP contribution is -2.45. The number of guanidine groups is 1. The fourth-order valence-electron chi connectivity index (χ4n) is 1.74. The lowest BCUT2D eigenvalue weighted by Gasteiger charge is -2.24. The van der Waals surface area contributed by atoms with Crippen molar-refractivity contribution >= 4 is 17.7 Å². The molecule has 22 heavy (non-hydrogen) atoms. The number of hydrogen-bond donors (Lipinski definition) is 3. The molecule has 0 saturated heterocycles. The third-order valence-corrected chi connectivity index (χ3v) is 4.62. The third-order valence-electron chi connectivity index (χ3n) is 3.39. The van der Waals surface area contributed by atoms with Crippen molar-refractivity contribution in [2.45, 2.75) is 45.0 Å². The van der Waals surface area contributed by atoms with Crippen molar-refractivity contribution in [2.75, 3.05) is 25.9 Å². The van der Waals surface area contributed by atoms with E-state index in [1.165, 1.54) is 0 Å². The summed E-state index contributed by atoms with van der Waals surface area (Å²) in [6, 6.07) is 3.65. The standard InChI is InChI=1S/C16H29N3O2S/c1-7-17-14(18-10-15(3,4)22-6)19-11-16(5,20)13-9-8-12(2)21-13/h8-9,20H,7,10-11H2,1-6H3,(H2,17,18,19). The van der Waals surface area contributed by atoms with Gasteiger partial charge in [-0.3, -0.25) is 4.99 Å². The number of aryl methyl sites for hydroxylation is 1. The van der Waals surface area contributed by atoms with Crippen molar-refractivity contribution < 1.29 is 9.52 Å². The first kappa shape index (κ1) is 18.9. The highest BCUT2D eigenvalue weighted by Gasteiger charge is 2.27. The molecule has 126 valence electrons. The minimum absolute atomic E-state index is 0.0863. The Balaban J connectivity index is 2.69. The van der Waals surface area contributed by atoms with Gasteiger partial charge in [-0.05, 0) is 53.0 Å². The van der Waals surface area contributed by atoms with E-state index in [9.17, 15) is 5.11 Å². The zero-order valence-electron chi connectivity index (χ0n) is 14.5. The molecule has 1 aromatic rings. The van der Waals surface area contributed by atoms with Gasteiger partial charge >= 0.3 is 0 Å². The summed E-state index contributed by atoms with van der Waals surface area (Å²) in [5.74, 6) is 2.04. The van der Waals surface area contributed by atoms with Crippen LogP contribution in [0.2, 0.25) is 0 Å². The fourth-order valence-corrected chi connectivity index (χ4v) is 1.94. The van der Waals surface area contributed by atoms with Crippen LogP contribution < -0.4 is 10.6 Å². The molecule has 0 saturated carbocycles. The number of aliphatic hydroxyl groups is 1. The van der Waals surface area contributed by atoms with E-state index in [2.05, 4.69) is 35.7 Å². The Labute approximate surface area is 138 Å². The Kier molecular flexibility index (Phi) is 6.81. The van der Waals surface area contributed by atoms with E-state index in [1.54, 1.807) is 24.8 Å². The smallest absolute Gasteiger partial charge is 0.191 e. The van der Waals surface area contributed by atoms with Gasteiger partial charge in [0.2, 0.25) is 0 Å². The van der Waals surface area contributed by atoms with Gasteiger partial charge in [-0.1, -0.05) is 0 Å². The Bertz CT molecular complexity index is 495. The van der Waals surface area contributed by atoms with Crippen LogP contribution >= 0.6 is 11.8 Å². The van der Waals surface area contributed by atoms with Crippen molar-refractivity contribution in [1.29, 1.82) is 0 Å². The second kappa shape index (κ2) is 7.92. The van der Waals surface area contributed by atoms with Gasteiger partial charge in [0.15, 0.2) is 5.96 Å². The first-order chi connectivity index (χ1) is 10.2. The van der Waals surface area contributed by atoms with E-state index in [1.807, 2.05) is 19.9 Å². The molecule has 5 nitrogen and oxygen atoms in total. The van der Waals surface area contributed by atoms with Gasteiger partial charge in [0.1, 0.15) is 17.1 Å². The molecular formula is C16H29N3O2S. The lowest BCUT2D eigenvalue weighted by molar-refractivity contribution is 0.0378. The fraction of sp³-hybridized carbons (Fsp3) is 0.688. The monoisotopic (exact) mass is 327 g/mol. The second-order valence-corrected chi connectivity index (χ2v) is 7.71. The maximum absolute atomic E-state index is 10.5. The van der Waals surface area contributed by atoms with E-state index >= 15 is 0 Å². The van der Waals surface area contributed by atoms with Crippen molar-refractivity contribution in [2.24, 2.45) is 4.99 Å². The lowest BCUT2D eigenvalue weighted by atomic mass is 10.0. The molecule has 0 spiro atoms. The van der Waals surface area contributed by atoms with E-state index in [0.29, 0.717) is 24.8 Å². The van der Waals surface area contributed by atoms with Crippen LogP contribution in [0.15, 0.2) is 21.5 Å². The van der Waals surface area contributed by atoms with Gasteiger partial charge in [0.25, 0.3) is 0 Å². The summed E-state index contributed by atoms with van der Waals surface area (Å²) in [5, 5.41) is 16.9. The number of nitrogens with zero attached hydrogens (tertiary/aromatic N) is 1. The minimum Gasteiger partial charge on any atom is -0.463 e. The molecule has 0 aliphatic carbocycles. The molecule has 0 aliphatic heterocycles. The molecule has 0 radical (unpaired) electrons. The van der Waals surface area contributed by atoms with E-state index in [4.69, 9.17) is 4.42 Å². The van der Waals surface area contributed by atoms with Gasteiger partial charge in [0, 0.05) is 11.3 Å². The molecule has 1 unspecified atom stereocenters. The van der Waals surface area contributed by atoms with Crippen LogP contribution in [0.4, 0.5) is 0 Å². The quantitative estimate of drug-likeness (QED) is 0.530. The molecule has 3 N–H and O–H groups in total. The first-order valence-electron chi connectivity index (χ1n) is 7.57. The highest BCUT2D eigenvalue weighted by molar-refractivity contribution is 7.99. The Hall–Kier alpha value is -1.14. The van der Waals surface area contributed by atoms with Crippen LogP contribution in [0.25, 0.3) is 0 Å². The normalized spacial score (nSPS) is 15.5. The van der Waals surface area contributed by atoms with Crippen molar-refractivity contribution in [3.8, 4) is 0 Å². The van der Waals surface area contributed by atoms with Crippen molar-refractivity contribution in [1.82, 2.24) is 10.6 Å². The molecule has 0 bridgehead atoms. The molecule has 0 aromatic carbocycles. The summed E-state index contributed by atoms with van der Waals surface area (Å²) in [7, 11) is 0. The minimum atomic E-state index is -1.08. The number of nitrogens with one attached hydrogen (secondary N) is 2. The molecular weight excluding hydrogens is 298 g/mol. The van der Waals surface area contributed by atoms with E-state index < -0.39 is 5.60 Å². The average Bonchev–Trinajstić information content (AvgIpc) is 2.89. The molecule has 0 amide bonds. The summed E-state index contributed by atoms with van der Waals surface area (Å²) in [6.07, 6.45) is 2.08. The number of rotatable bonds is 7.